The fourth-order valence-electron chi connectivity index (χ4n) is 2.49. The van der Waals surface area contributed by atoms with Crippen LogP contribution in [0.3, 0.4) is 0 Å². The van der Waals surface area contributed by atoms with Crippen molar-refractivity contribution in [1.29, 1.82) is 0 Å². The van der Waals surface area contributed by atoms with E-state index in [1.54, 1.807) is 0 Å². The van der Waals surface area contributed by atoms with Crippen molar-refractivity contribution in [3.8, 4) is 0 Å². The molecule has 94 valence electrons. The molecule has 0 bridgehead atoms. The number of hydrogen-bond acceptors (Lipinski definition) is 1. The third kappa shape index (κ3) is 4.03. The maximum Gasteiger partial charge on any atom is 0.314 e. The van der Waals surface area contributed by atoms with Crippen molar-refractivity contribution in [1.82, 2.24) is 10.6 Å². The quantitative estimate of drug-likeness (QED) is 0.671. The minimum Gasteiger partial charge on any atom is -0.338 e. The SMILES string of the molecule is CCCCNC(=O)NCC1(CC)CCCC1. The van der Waals surface area contributed by atoms with Gasteiger partial charge in [-0.15, -0.1) is 0 Å². The number of amides is 2. The van der Waals surface area contributed by atoms with Gasteiger partial charge in [-0.2, -0.15) is 0 Å². The largest absolute Gasteiger partial charge is 0.338 e. The molecule has 0 spiro atoms. The number of carbonyl (C=O) groups is 1. The van der Waals surface area contributed by atoms with E-state index in [1.807, 2.05) is 0 Å². The molecule has 0 aromatic carbocycles. The van der Waals surface area contributed by atoms with E-state index in [0.717, 1.165) is 25.9 Å². The number of hydrogen-bond donors (Lipinski definition) is 2. The summed E-state index contributed by atoms with van der Waals surface area (Å²) in [6, 6.07) is 0.00757. The molecule has 16 heavy (non-hydrogen) atoms. The Balaban J connectivity index is 2.19. The van der Waals surface area contributed by atoms with Crippen LogP contribution in [0.2, 0.25) is 0 Å². The lowest BCUT2D eigenvalue weighted by atomic mass is 9.83. The topological polar surface area (TPSA) is 41.1 Å². The summed E-state index contributed by atoms with van der Waals surface area (Å²) in [5, 5.41) is 5.92. The van der Waals surface area contributed by atoms with Crippen LogP contribution in [0, 0.1) is 5.41 Å². The Hall–Kier alpha value is -0.730. The first-order valence-corrected chi connectivity index (χ1v) is 6.74. The highest BCUT2D eigenvalue weighted by Crippen LogP contribution is 2.40. The molecule has 0 aliphatic heterocycles. The van der Waals surface area contributed by atoms with Crippen LogP contribution in [-0.4, -0.2) is 19.1 Å². The van der Waals surface area contributed by atoms with Crippen molar-refractivity contribution in [2.75, 3.05) is 13.1 Å². The monoisotopic (exact) mass is 226 g/mol. The normalized spacial score (nSPS) is 18.4. The Kier molecular flexibility index (Phi) is 5.64. The Morgan fingerprint density at radius 2 is 1.88 bits per heavy atom. The van der Waals surface area contributed by atoms with Gasteiger partial charge in [0.05, 0.1) is 0 Å². The van der Waals surface area contributed by atoms with Gasteiger partial charge in [-0.25, -0.2) is 4.79 Å². The van der Waals surface area contributed by atoms with Gasteiger partial charge in [0.15, 0.2) is 0 Å². The molecule has 2 N–H and O–H groups in total. The van der Waals surface area contributed by atoms with Gasteiger partial charge in [-0.1, -0.05) is 33.1 Å². The number of unbranched alkanes of at least 4 members (excludes halogenated alkanes) is 1. The van der Waals surface area contributed by atoms with E-state index < -0.39 is 0 Å². The third-order valence-electron chi connectivity index (χ3n) is 3.85. The van der Waals surface area contributed by atoms with Gasteiger partial charge in [0.1, 0.15) is 0 Å². The van der Waals surface area contributed by atoms with Gasteiger partial charge in [0, 0.05) is 13.1 Å². The number of urea groups is 1. The van der Waals surface area contributed by atoms with Crippen LogP contribution >= 0.6 is 0 Å². The van der Waals surface area contributed by atoms with Crippen molar-refractivity contribution in [2.45, 2.75) is 58.8 Å². The first kappa shape index (κ1) is 13.3. The van der Waals surface area contributed by atoms with E-state index in [2.05, 4.69) is 24.5 Å². The lowest BCUT2D eigenvalue weighted by Crippen LogP contribution is -2.41. The summed E-state index contributed by atoms with van der Waals surface area (Å²) in [6.07, 6.45) is 8.57. The molecule has 2 amide bonds. The molecule has 0 atom stereocenters. The Morgan fingerprint density at radius 3 is 2.44 bits per heavy atom. The highest BCUT2D eigenvalue weighted by molar-refractivity contribution is 5.73. The van der Waals surface area contributed by atoms with E-state index in [0.29, 0.717) is 5.41 Å². The Labute approximate surface area is 99.4 Å². The molecular weight excluding hydrogens is 200 g/mol. The third-order valence-corrected chi connectivity index (χ3v) is 3.85. The van der Waals surface area contributed by atoms with Crippen molar-refractivity contribution in [2.24, 2.45) is 5.41 Å². The maximum absolute atomic E-state index is 11.5. The van der Waals surface area contributed by atoms with Crippen molar-refractivity contribution in [3.05, 3.63) is 0 Å². The summed E-state index contributed by atoms with van der Waals surface area (Å²) in [4.78, 5) is 11.5. The van der Waals surface area contributed by atoms with Gasteiger partial charge >= 0.3 is 6.03 Å². The van der Waals surface area contributed by atoms with Crippen LogP contribution in [0.15, 0.2) is 0 Å². The molecular formula is C13H26N2O. The average molecular weight is 226 g/mol. The maximum atomic E-state index is 11.5. The van der Waals surface area contributed by atoms with E-state index in [1.165, 1.54) is 32.1 Å². The molecule has 0 radical (unpaired) electrons. The fourth-order valence-corrected chi connectivity index (χ4v) is 2.49. The summed E-state index contributed by atoms with van der Waals surface area (Å²) >= 11 is 0. The molecule has 3 nitrogen and oxygen atoms in total. The summed E-state index contributed by atoms with van der Waals surface area (Å²) in [5.41, 5.74) is 0.391. The van der Waals surface area contributed by atoms with Crippen LogP contribution in [0.1, 0.15) is 58.8 Å². The highest BCUT2D eigenvalue weighted by atomic mass is 16.2. The lowest BCUT2D eigenvalue weighted by Gasteiger charge is -2.27. The second-order valence-corrected chi connectivity index (χ2v) is 5.02. The second-order valence-electron chi connectivity index (χ2n) is 5.02. The van der Waals surface area contributed by atoms with Crippen LogP contribution < -0.4 is 10.6 Å². The van der Waals surface area contributed by atoms with Gasteiger partial charge in [0.25, 0.3) is 0 Å². The zero-order chi connectivity index (χ0) is 11.9. The van der Waals surface area contributed by atoms with Crippen molar-refractivity contribution >= 4 is 6.03 Å². The predicted octanol–water partition coefficient (Wildman–Crippen LogP) is 3.06. The molecule has 1 fully saturated rings. The first-order valence-electron chi connectivity index (χ1n) is 6.74. The number of carbonyl (C=O) groups excluding carboxylic acids is 1. The summed E-state index contributed by atoms with van der Waals surface area (Å²) in [6.45, 7) is 6.01. The molecule has 0 aromatic rings. The molecule has 1 aliphatic carbocycles. The van der Waals surface area contributed by atoms with Gasteiger partial charge in [-0.3, -0.25) is 0 Å². The van der Waals surface area contributed by atoms with Crippen LogP contribution in [-0.2, 0) is 0 Å². The summed E-state index contributed by atoms with van der Waals surface area (Å²) in [5.74, 6) is 0. The van der Waals surface area contributed by atoms with E-state index in [-0.39, 0.29) is 6.03 Å². The van der Waals surface area contributed by atoms with Crippen LogP contribution in [0.5, 0.6) is 0 Å². The minimum atomic E-state index is 0.00757. The van der Waals surface area contributed by atoms with E-state index >= 15 is 0 Å². The zero-order valence-corrected chi connectivity index (χ0v) is 10.8. The summed E-state index contributed by atoms with van der Waals surface area (Å²) in [7, 11) is 0. The standard InChI is InChI=1S/C13H26N2O/c1-3-5-10-14-12(16)15-11-13(4-2)8-6-7-9-13/h3-11H2,1-2H3,(H2,14,15,16). The predicted molar refractivity (Wildman–Crippen MR) is 67.5 cm³/mol. The lowest BCUT2D eigenvalue weighted by molar-refractivity contribution is 0.224. The molecule has 0 aromatic heterocycles. The van der Waals surface area contributed by atoms with Crippen molar-refractivity contribution in [3.63, 3.8) is 0 Å². The van der Waals surface area contributed by atoms with Crippen molar-refractivity contribution < 1.29 is 4.79 Å². The van der Waals surface area contributed by atoms with E-state index in [9.17, 15) is 4.79 Å². The van der Waals surface area contributed by atoms with Gasteiger partial charge in [0.2, 0.25) is 0 Å². The number of nitrogens with one attached hydrogen (secondary N) is 2. The molecule has 0 heterocycles. The molecule has 3 heteroatoms. The van der Waals surface area contributed by atoms with Gasteiger partial charge < -0.3 is 10.6 Å². The molecule has 0 saturated heterocycles. The van der Waals surface area contributed by atoms with E-state index in [4.69, 9.17) is 0 Å². The Morgan fingerprint density at radius 1 is 1.19 bits per heavy atom. The number of rotatable bonds is 6. The molecule has 1 saturated carbocycles. The zero-order valence-electron chi connectivity index (χ0n) is 10.8. The molecule has 1 aliphatic rings. The molecule has 1 rings (SSSR count). The van der Waals surface area contributed by atoms with Crippen LogP contribution in [0.25, 0.3) is 0 Å². The summed E-state index contributed by atoms with van der Waals surface area (Å²) < 4.78 is 0. The second kappa shape index (κ2) is 6.77. The highest BCUT2D eigenvalue weighted by Gasteiger charge is 2.31. The first-order chi connectivity index (χ1) is 7.72. The average Bonchev–Trinajstić information content (AvgIpc) is 2.76. The smallest absolute Gasteiger partial charge is 0.314 e. The van der Waals surface area contributed by atoms with Gasteiger partial charge in [-0.05, 0) is 31.1 Å². The Bertz CT molecular complexity index is 210. The molecule has 0 unspecified atom stereocenters. The fraction of sp³-hybridized carbons (Fsp3) is 0.923. The minimum absolute atomic E-state index is 0.00757. The van der Waals surface area contributed by atoms with Crippen LogP contribution in [0.4, 0.5) is 4.79 Å².